The lowest BCUT2D eigenvalue weighted by Crippen LogP contribution is -2.65. The van der Waals surface area contributed by atoms with Crippen LogP contribution >= 0.6 is 0 Å². The average Bonchev–Trinajstić information content (AvgIpc) is 1.96. The fourth-order valence-electron chi connectivity index (χ4n) is 0.978. The van der Waals surface area contributed by atoms with Crippen molar-refractivity contribution >= 4 is 0 Å². The summed E-state index contributed by atoms with van der Waals surface area (Å²) in [5.41, 5.74) is -5.09. The van der Waals surface area contributed by atoms with E-state index in [-0.39, 0.29) is 0 Å². The first-order chi connectivity index (χ1) is 6.35. The molecule has 0 aromatic carbocycles. The minimum absolute atomic E-state index is 0.938. The first-order valence-electron chi connectivity index (χ1n) is 3.89. The maximum atomic E-state index is 12.1. The molecule has 1 atom stereocenters. The Morgan fingerprint density at radius 1 is 0.867 bits per heavy atom. The molecule has 0 aliphatic carbocycles. The number of aliphatic hydroxyl groups is 2. The molecule has 0 unspecified atom stereocenters. The Hall–Kier alpha value is -0.500. The van der Waals surface area contributed by atoms with E-state index in [1.165, 1.54) is 0 Å². The van der Waals surface area contributed by atoms with E-state index in [0.29, 0.717) is 0 Å². The van der Waals surface area contributed by atoms with Crippen LogP contribution in [-0.4, -0.2) is 34.3 Å². The molecule has 0 aliphatic heterocycles. The Labute approximate surface area is 81.5 Å². The maximum absolute atomic E-state index is 12.1. The molecular weight excluding hydrogens is 230 g/mol. The molecule has 0 fully saturated rings. The van der Waals surface area contributed by atoms with E-state index in [1.54, 1.807) is 0 Å². The van der Waals surface area contributed by atoms with Crippen molar-refractivity contribution in [3.8, 4) is 0 Å². The van der Waals surface area contributed by atoms with Crippen LogP contribution in [0.3, 0.4) is 0 Å². The Morgan fingerprint density at radius 2 is 1.13 bits per heavy atom. The summed E-state index contributed by atoms with van der Waals surface area (Å²) in [5.74, 6) is -1.39. The highest BCUT2D eigenvalue weighted by Gasteiger charge is 2.74. The van der Waals surface area contributed by atoms with E-state index in [2.05, 4.69) is 0 Å². The summed E-state index contributed by atoms with van der Waals surface area (Å²) >= 11 is 0. The molecule has 92 valence electrons. The van der Waals surface area contributed by atoms with Crippen LogP contribution < -0.4 is 0 Å². The monoisotopic (exact) mass is 240 g/mol. The van der Waals surface area contributed by atoms with Crippen LogP contribution in [0.5, 0.6) is 0 Å². The molecular formula is C7H10F6O2. The molecule has 2 N–H and O–H groups in total. The molecule has 0 radical (unpaired) electrons. The molecule has 0 spiro atoms. The lowest BCUT2D eigenvalue weighted by atomic mass is 9.87. The third-order valence-electron chi connectivity index (χ3n) is 1.92. The smallest absolute Gasteiger partial charge is 0.389 e. The lowest BCUT2D eigenvalue weighted by Gasteiger charge is -2.37. The predicted molar refractivity (Wildman–Crippen MR) is 37.9 cm³/mol. The fraction of sp³-hybridized carbons (Fsp3) is 1.00. The SMILES string of the molecule is CC(C)[C@@H](O)C(O)(C(F)(F)F)C(F)(F)F. The zero-order valence-electron chi connectivity index (χ0n) is 7.82. The molecule has 2 nitrogen and oxygen atoms in total. The van der Waals surface area contributed by atoms with Crippen LogP contribution in [-0.2, 0) is 0 Å². The minimum Gasteiger partial charge on any atom is -0.389 e. The summed E-state index contributed by atoms with van der Waals surface area (Å²) in [4.78, 5) is 0. The van der Waals surface area contributed by atoms with Crippen molar-refractivity contribution in [2.24, 2.45) is 5.92 Å². The summed E-state index contributed by atoms with van der Waals surface area (Å²) in [7, 11) is 0. The molecule has 0 rings (SSSR count). The van der Waals surface area contributed by atoms with E-state index >= 15 is 0 Å². The fourth-order valence-corrected chi connectivity index (χ4v) is 0.978. The van der Waals surface area contributed by atoms with E-state index < -0.39 is 30.0 Å². The second-order valence-electron chi connectivity index (χ2n) is 3.45. The van der Waals surface area contributed by atoms with Gasteiger partial charge in [-0.3, -0.25) is 0 Å². The summed E-state index contributed by atoms with van der Waals surface area (Å²) in [6.07, 6.45) is -14.9. The zero-order valence-corrected chi connectivity index (χ0v) is 7.82. The van der Waals surface area contributed by atoms with Crippen molar-refractivity contribution in [2.75, 3.05) is 0 Å². The maximum Gasteiger partial charge on any atom is 0.428 e. The highest BCUT2D eigenvalue weighted by atomic mass is 19.4. The van der Waals surface area contributed by atoms with Crippen LogP contribution in [0.15, 0.2) is 0 Å². The van der Waals surface area contributed by atoms with Gasteiger partial charge in [0.25, 0.3) is 5.60 Å². The van der Waals surface area contributed by atoms with Crippen LogP contribution in [0, 0.1) is 5.92 Å². The molecule has 0 bridgehead atoms. The molecule has 0 saturated carbocycles. The lowest BCUT2D eigenvalue weighted by molar-refractivity contribution is -0.395. The minimum atomic E-state index is -5.98. The summed E-state index contributed by atoms with van der Waals surface area (Å²) in [6, 6.07) is 0. The Kier molecular flexibility index (Phi) is 3.69. The van der Waals surface area contributed by atoms with Gasteiger partial charge in [0.05, 0.1) is 0 Å². The molecule has 0 aromatic heterocycles. The largest absolute Gasteiger partial charge is 0.428 e. The van der Waals surface area contributed by atoms with Gasteiger partial charge in [-0.2, -0.15) is 26.3 Å². The first kappa shape index (κ1) is 14.5. The van der Waals surface area contributed by atoms with Gasteiger partial charge in [-0.1, -0.05) is 13.8 Å². The third-order valence-corrected chi connectivity index (χ3v) is 1.92. The highest BCUT2D eigenvalue weighted by molar-refractivity contribution is 5.00. The Balaban J connectivity index is 5.43. The summed E-state index contributed by atoms with van der Waals surface area (Å²) in [5, 5.41) is 17.4. The number of hydrogen-bond acceptors (Lipinski definition) is 2. The number of rotatable bonds is 2. The molecule has 8 heteroatoms. The Bertz CT molecular complexity index is 205. The van der Waals surface area contributed by atoms with E-state index in [9.17, 15) is 26.3 Å². The standard InChI is InChI=1S/C7H10F6O2/c1-3(2)4(14)5(15,6(8,9)10)7(11,12)13/h3-4,14-15H,1-2H3/t4-/m1/s1. The second-order valence-corrected chi connectivity index (χ2v) is 3.45. The van der Waals surface area contributed by atoms with Gasteiger partial charge in [-0.05, 0) is 5.92 Å². The molecule has 0 heterocycles. The molecule has 0 amide bonds. The third kappa shape index (κ3) is 2.36. The van der Waals surface area contributed by atoms with Gasteiger partial charge in [0, 0.05) is 0 Å². The van der Waals surface area contributed by atoms with E-state index in [1.807, 2.05) is 0 Å². The number of halogens is 6. The topological polar surface area (TPSA) is 40.5 Å². The van der Waals surface area contributed by atoms with Gasteiger partial charge in [-0.25, -0.2) is 0 Å². The van der Waals surface area contributed by atoms with E-state index in [0.717, 1.165) is 13.8 Å². The molecule has 0 aromatic rings. The van der Waals surface area contributed by atoms with Gasteiger partial charge >= 0.3 is 12.4 Å². The summed E-state index contributed by atoms with van der Waals surface area (Å²) in [6.45, 7) is 1.88. The Morgan fingerprint density at radius 3 is 1.20 bits per heavy atom. The summed E-state index contributed by atoms with van der Waals surface area (Å²) < 4.78 is 72.5. The van der Waals surface area contributed by atoms with Crippen molar-refractivity contribution < 1.29 is 36.6 Å². The highest BCUT2D eigenvalue weighted by Crippen LogP contribution is 2.46. The van der Waals surface area contributed by atoms with Crippen molar-refractivity contribution in [3.63, 3.8) is 0 Å². The van der Waals surface area contributed by atoms with Crippen LogP contribution in [0.25, 0.3) is 0 Å². The zero-order chi connectivity index (χ0) is 12.7. The second kappa shape index (κ2) is 3.82. The molecule has 15 heavy (non-hydrogen) atoms. The van der Waals surface area contributed by atoms with Crippen LogP contribution in [0.4, 0.5) is 26.3 Å². The van der Waals surface area contributed by atoms with Gasteiger partial charge in [0.2, 0.25) is 0 Å². The van der Waals surface area contributed by atoms with Crippen LogP contribution in [0.2, 0.25) is 0 Å². The number of hydrogen-bond donors (Lipinski definition) is 2. The van der Waals surface area contributed by atoms with Crippen molar-refractivity contribution in [1.82, 2.24) is 0 Å². The van der Waals surface area contributed by atoms with Gasteiger partial charge < -0.3 is 10.2 Å². The van der Waals surface area contributed by atoms with E-state index in [4.69, 9.17) is 10.2 Å². The van der Waals surface area contributed by atoms with Crippen molar-refractivity contribution in [3.05, 3.63) is 0 Å². The normalized spacial score (nSPS) is 17.0. The molecule has 0 aliphatic rings. The first-order valence-corrected chi connectivity index (χ1v) is 3.89. The van der Waals surface area contributed by atoms with Gasteiger partial charge in [0.15, 0.2) is 0 Å². The van der Waals surface area contributed by atoms with Crippen molar-refractivity contribution in [2.45, 2.75) is 37.9 Å². The van der Waals surface area contributed by atoms with Crippen LogP contribution in [0.1, 0.15) is 13.8 Å². The average molecular weight is 240 g/mol. The van der Waals surface area contributed by atoms with Gasteiger partial charge in [-0.15, -0.1) is 0 Å². The van der Waals surface area contributed by atoms with Gasteiger partial charge in [0.1, 0.15) is 6.10 Å². The quantitative estimate of drug-likeness (QED) is 0.723. The number of aliphatic hydroxyl groups excluding tert-OH is 1. The predicted octanol–water partition coefficient (Wildman–Crippen LogP) is 1.86. The number of alkyl halides is 6. The molecule has 0 saturated heterocycles. The van der Waals surface area contributed by atoms with Crippen molar-refractivity contribution in [1.29, 1.82) is 0 Å².